The third-order valence-electron chi connectivity index (χ3n) is 4.85. The second kappa shape index (κ2) is 6.91. The van der Waals surface area contributed by atoms with Crippen LogP contribution in [0.4, 0.5) is 0 Å². The second-order valence-electron chi connectivity index (χ2n) is 6.70. The van der Waals surface area contributed by atoms with Crippen LogP contribution in [-0.2, 0) is 10.3 Å². The van der Waals surface area contributed by atoms with E-state index in [1.54, 1.807) is 0 Å². The fourth-order valence-corrected chi connectivity index (χ4v) is 3.64. The predicted molar refractivity (Wildman–Crippen MR) is 86.4 cm³/mol. The fraction of sp³-hybridized carbons (Fsp3) is 0.667. The van der Waals surface area contributed by atoms with Crippen LogP contribution in [0.2, 0.25) is 0 Å². The maximum absolute atomic E-state index is 5.93. The number of hydrogen-bond acceptors (Lipinski definition) is 3. The molecule has 0 bridgehead atoms. The van der Waals surface area contributed by atoms with E-state index in [1.165, 1.54) is 37.8 Å². The smallest absolute Gasteiger partial charge is 0.0702 e. The van der Waals surface area contributed by atoms with Crippen molar-refractivity contribution in [2.75, 3.05) is 32.8 Å². The van der Waals surface area contributed by atoms with Crippen molar-refractivity contribution in [3.05, 3.63) is 35.9 Å². The van der Waals surface area contributed by atoms with Gasteiger partial charge in [-0.25, -0.2) is 0 Å². The molecule has 2 aliphatic rings. The van der Waals surface area contributed by atoms with Crippen LogP contribution in [0.15, 0.2) is 30.3 Å². The Balaban J connectivity index is 1.68. The van der Waals surface area contributed by atoms with Crippen molar-refractivity contribution in [3.8, 4) is 0 Å². The zero-order valence-corrected chi connectivity index (χ0v) is 13.2. The van der Waals surface area contributed by atoms with Gasteiger partial charge in [0.2, 0.25) is 0 Å². The lowest BCUT2D eigenvalue weighted by Crippen LogP contribution is -2.48. The molecule has 0 aliphatic carbocycles. The molecule has 2 heterocycles. The maximum Gasteiger partial charge on any atom is 0.0702 e. The molecule has 0 amide bonds. The minimum Gasteiger partial charge on any atom is -0.377 e. The van der Waals surface area contributed by atoms with Gasteiger partial charge in [0.25, 0.3) is 0 Å². The van der Waals surface area contributed by atoms with Crippen molar-refractivity contribution in [2.24, 2.45) is 0 Å². The van der Waals surface area contributed by atoms with Crippen LogP contribution in [0, 0.1) is 0 Å². The van der Waals surface area contributed by atoms with Gasteiger partial charge in [0, 0.05) is 19.7 Å². The zero-order valence-electron chi connectivity index (χ0n) is 13.2. The number of nitrogens with one attached hydrogen (secondary N) is 1. The molecule has 3 rings (SSSR count). The number of nitrogens with zero attached hydrogens (tertiary/aromatic N) is 1. The van der Waals surface area contributed by atoms with E-state index in [9.17, 15) is 0 Å². The molecule has 2 unspecified atom stereocenters. The molecular formula is C18H28N2O. The molecule has 2 saturated heterocycles. The SMILES string of the molecule is CC1(c2ccccc2)CN(CC2CCCCO2)CCCN1. The summed E-state index contributed by atoms with van der Waals surface area (Å²) >= 11 is 0. The summed E-state index contributed by atoms with van der Waals surface area (Å²) in [5.41, 5.74) is 1.44. The highest BCUT2D eigenvalue weighted by atomic mass is 16.5. The Morgan fingerprint density at radius 2 is 2.10 bits per heavy atom. The van der Waals surface area contributed by atoms with Gasteiger partial charge in [-0.15, -0.1) is 0 Å². The van der Waals surface area contributed by atoms with Gasteiger partial charge in [0.1, 0.15) is 0 Å². The summed E-state index contributed by atoms with van der Waals surface area (Å²) in [6, 6.07) is 10.9. The highest BCUT2D eigenvalue weighted by Crippen LogP contribution is 2.25. The number of benzene rings is 1. The van der Waals surface area contributed by atoms with E-state index in [-0.39, 0.29) is 5.54 Å². The van der Waals surface area contributed by atoms with Crippen molar-refractivity contribution < 1.29 is 4.74 Å². The fourth-order valence-electron chi connectivity index (χ4n) is 3.64. The molecule has 0 radical (unpaired) electrons. The van der Waals surface area contributed by atoms with Crippen molar-refractivity contribution in [1.82, 2.24) is 10.2 Å². The molecule has 0 saturated carbocycles. The minimum atomic E-state index is 0.0480. The lowest BCUT2D eigenvalue weighted by atomic mass is 9.91. The topological polar surface area (TPSA) is 24.5 Å². The monoisotopic (exact) mass is 288 g/mol. The van der Waals surface area contributed by atoms with Gasteiger partial charge < -0.3 is 10.1 Å². The van der Waals surface area contributed by atoms with Gasteiger partial charge in [0.15, 0.2) is 0 Å². The second-order valence-corrected chi connectivity index (χ2v) is 6.70. The molecule has 2 atom stereocenters. The maximum atomic E-state index is 5.93. The van der Waals surface area contributed by atoms with Crippen molar-refractivity contribution in [3.63, 3.8) is 0 Å². The highest BCUT2D eigenvalue weighted by Gasteiger charge is 2.31. The lowest BCUT2D eigenvalue weighted by molar-refractivity contribution is -0.00805. The van der Waals surface area contributed by atoms with E-state index >= 15 is 0 Å². The summed E-state index contributed by atoms with van der Waals surface area (Å²) in [6.07, 6.45) is 5.45. The zero-order chi connectivity index (χ0) is 14.5. The molecule has 0 spiro atoms. The molecule has 1 N–H and O–H groups in total. The summed E-state index contributed by atoms with van der Waals surface area (Å²) in [5.74, 6) is 0. The Labute approximate surface area is 128 Å². The van der Waals surface area contributed by atoms with Crippen LogP contribution in [0.5, 0.6) is 0 Å². The van der Waals surface area contributed by atoms with Gasteiger partial charge in [-0.05, 0) is 51.3 Å². The first kappa shape index (κ1) is 15.0. The molecule has 2 aliphatic heterocycles. The summed E-state index contributed by atoms with van der Waals surface area (Å²) in [6.45, 7) is 7.71. The first-order valence-electron chi connectivity index (χ1n) is 8.41. The third-order valence-corrected chi connectivity index (χ3v) is 4.85. The highest BCUT2D eigenvalue weighted by molar-refractivity contribution is 5.24. The van der Waals surface area contributed by atoms with Gasteiger partial charge in [0.05, 0.1) is 11.6 Å². The van der Waals surface area contributed by atoms with E-state index in [2.05, 4.69) is 47.5 Å². The third kappa shape index (κ3) is 3.85. The summed E-state index contributed by atoms with van der Waals surface area (Å²) in [5, 5.41) is 3.76. The predicted octanol–water partition coefficient (Wildman–Crippen LogP) is 2.77. The number of ether oxygens (including phenoxy) is 1. The standard InChI is InChI=1S/C18H28N2O/c1-18(16-8-3-2-4-9-16)15-20(12-7-11-19-18)14-17-10-5-6-13-21-17/h2-4,8-9,17,19H,5-7,10-15H2,1H3. The average molecular weight is 288 g/mol. The molecular weight excluding hydrogens is 260 g/mol. The number of rotatable bonds is 3. The molecule has 1 aromatic rings. The minimum absolute atomic E-state index is 0.0480. The van der Waals surface area contributed by atoms with Crippen LogP contribution in [0.3, 0.4) is 0 Å². The molecule has 21 heavy (non-hydrogen) atoms. The van der Waals surface area contributed by atoms with Crippen LogP contribution in [0.1, 0.15) is 38.2 Å². The Hall–Kier alpha value is -0.900. The van der Waals surface area contributed by atoms with Crippen LogP contribution in [-0.4, -0.2) is 43.8 Å². The van der Waals surface area contributed by atoms with E-state index < -0.39 is 0 Å². The van der Waals surface area contributed by atoms with Gasteiger partial charge in [-0.3, -0.25) is 4.90 Å². The summed E-state index contributed by atoms with van der Waals surface area (Å²) < 4.78 is 5.93. The van der Waals surface area contributed by atoms with E-state index in [1.807, 2.05) is 0 Å². The normalized spacial score (nSPS) is 31.8. The Morgan fingerprint density at radius 1 is 1.24 bits per heavy atom. The molecule has 1 aromatic carbocycles. The molecule has 3 heteroatoms. The first-order valence-corrected chi connectivity index (χ1v) is 8.41. The largest absolute Gasteiger partial charge is 0.377 e. The van der Waals surface area contributed by atoms with E-state index in [4.69, 9.17) is 4.74 Å². The van der Waals surface area contributed by atoms with Gasteiger partial charge in [-0.1, -0.05) is 30.3 Å². The first-order chi connectivity index (χ1) is 10.3. The van der Waals surface area contributed by atoms with E-state index in [0.29, 0.717) is 6.10 Å². The summed E-state index contributed by atoms with van der Waals surface area (Å²) in [7, 11) is 0. The van der Waals surface area contributed by atoms with Crippen molar-refractivity contribution in [2.45, 2.75) is 44.2 Å². The average Bonchev–Trinajstić information content (AvgIpc) is 2.72. The van der Waals surface area contributed by atoms with Crippen molar-refractivity contribution in [1.29, 1.82) is 0 Å². The molecule has 2 fully saturated rings. The van der Waals surface area contributed by atoms with Crippen molar-refractivity contribution >= 4 is 0 Å². The van der Waals surface area contributed by atoms with E-state index in [0.717, 1.165) is 26.2 Å². The van der Waals surface area contributed by atoms with Gasteiger partial charge >= 0.3 is 0 Å². The van der Waals surface area contributed by atoms with Gasteiger partial charge in [-0.2, -0.15) is 0 Å². The quantitative estimate of drug-likeness (QED) is 0.925. The lowest BCUT2D eigenvalue weighted by Gasteiger charge is -2.36. The molecule has 3 nitrogen and oxygen atoms in total. The Kier molecular flexibility index (Phi) is 4.94. The Morgan fingerprint density at radius 3 is 2.86 bits per heavy atom. The van der Waals surface area contributed by atoms with Crippen LogP contribution in [0.25, 0.3) is 0 Å². The summed E-state index contributed by atoms with van der Waals surface area (Å²) in [4.78, 5) is 2.60. The van der Waals surface area contributed by atoms with Crippen LogP contribution >= 0.6 is 0 Å². The van der Waals surface area contributed by atoms with Crippen LogP contribution < -0.4 is 5.32 Å². The molecule has 0 aromatic heterocycles. The molecule has 116 valence electrons. The number of hydrogen-bond donors (Lipinski definition) is 1. The Bertz CT molecular complexity index is 430.